The lowest BCUT2D eigenvalue weighted by Crippen LogP contribution is -2.62. The third-order valence-electron chi connectivity index (χ3n) is 17.3. The molecule has 2 heterocycles. The number of hydrogen-bond donors (Lipinski definition) is 5. The molecule has 0 radical (unpaired) electrons. The lowest BCUT2D eigenvalue weighted by Gasteiger charge is -2.42. The SMILES string of the molecule is CN[C@@H](C)C(=O)NC(C(=O)N1CC(OCc2ccc(C(=O)Oc3ccc4c(c3)CN(C(=O)C(NC(=O)[C@H](C)N(C)C(=O)OC(C)(C)C)C(C)(C)C)C(C(=O)NC3CCCc5ccccc53)C4)cc2)CC1C(=O)NC1CCCc2ccccc21)C(C)(C)C. The Hall–Kier alpha value is -7.64. The van der Waals surface area contributed by atoms with Gasteiger partial charge in [0.05, 0.1) is 36.4 Å². The molecule has 2 aliphatic carbocycles. The highest BCUT2D eigenvalue weighted by Crippen LogP contribution is 2.36. The zero-order valence-electron chi connectivity index (χ0n) is 53.0. The summed E-state index contributed by atoms with van der Waals surface area (Å²) in [6.07, 6.45) is 4.27. The summed E-state index contributed by atoms with van der Waals surface area (Å²) in [5.41, 5.74) is 4.54. The van der Waals surface area contributed by atoms with Gasteiger partial charge < -0.3 is 50.6 Å². The van der Waals surface area contributed by atoms with Gasteiger partial charge in [0.1, 0.15) is 41.6 Å². The van der Waals surface area contributed by atoms with Crippen LogP contribution in [0.2, 0.25) is 0 Å². The van der Waals surface area contributed by atoms with Crippen LogP contribution in [-0.4, -0.2) is 131 Å². The number of ether oxygens (including phenoxy) is 3. The number of benzene rings is 4. The van der Waals surface area contributed by atoms with Crippen molar-refractivity contribution in [3.05, 3.63) is 136 Å². The van der Waals surface area contributed by atoms with E-state index in [0.29, 0.717) is 5.56 Å². The molecular formula is C68H90N8O11. The fourth-order valence-corrected chi connectivity index (χ4v) is 11.9. The van der Waals surface area contributed by atoms with Crippen molar-refractivity contribution in [3.63, 3.8) is 0 Å². The molecule has 5 N–H and O–H groups in total. The molecule has 468 valence electrons. The molecule has 0 bridgehead atoms. The second kappa shape index (κ2) is 27.2. The van der Waals surface area contributed by atoms with Gasteiger partial charge in [-0.1, -0.05) is 108 Å². The third-order valence-corrected chi connectivity index (χ3v) is 17.3. The molecule has 1 saturated heterocycles. The summed E-state index contributed by atoms with van der Waals surface area (Å²) >= 11 is 0. The molecule has 2 aliphatic heterocycles. The Labute approximate surface area is 512 Å². The van der Waals surface area contributed by atoms with Crippen molar-refractivity contribution < 1.29 is 52.6 Å². The molecule has 9 atom stereocenters. The second-order valence-electron chi connectivity index (χ2n) is 27.1. The largest absolute Gasteiger partial charge is 0.444 e. The Morgan fingerprint density at radius 3 is 1.74 bits per heavy atom. The van der Waals surface area contributed by atoms with Gasteiger partial charge in [0.25, 0.3) is 0 Å². The second-order valence-corrected chi connectivity index (χ2v) is 27.1. The minimum atomic E-state index is -1.13. The van der Waals surface area contributed by atoms with Gasteiger partial charge in [-0.3, -0.25) is 33.7 Å². The lowest BCUT2D eigenvalue weighted by atomic mass is 9.83. The van der Waals surface area contributed by atoms with Gasteiger partial charge in [0, 0.05) is 33.0 Å². The topological polar surface area (TPSA) is 234 Å². The Morgan fingerprint density at radius 1 is 0.644 bits per heavy atom. The molecule has 4 aromatic rings. The number of fused-ring (bicyclic) bond motifs is 3. The number of amides is 7. The predicted molar refractivity (Wildman–Crippen MR) is 330 cm³/mol. The maximum absolute atomic E-state index is 15.2. The molecule has 0 saturated carbocycles. The van der Waals surface area contributed by atoms with Gasteiger partial charge in [-0.15, -0.1) is 0 Å². The van der Waals surface area contributed by atoms with E-state index < -0.39 is 82.7 Å². The van der Waals surface area contributed by atoms with Crippen molar-refractivity contribution in [2.75, 3.05) is 20.6 Å². The first-order valence-corrected chi connectivity index (χ1v) is 30.7. The van der Waals surface area contributed by atoms with Gasteiger partial charge >= 0.3 is 12.1 Å². The van der Waals surface area contributed by atoms with Gasteiger partial charge in [-0.2, -0.15) is 0 Å². The third kappa shape index (κ3) is 15.9. The first kappa shape index (κ1) is 65.3. The lowest BCUT2D eigenvalue weighted by molar-refractivity contribution is -0.147. The van der Waals surface area contributed by atoms with Crippen molar-refractivity contribution in [1.29, 1.82) is 0 Å². The van der Waals surface area contributed by atoms with Crippen LogP contribution >= 0.6 is 0 Å². The predicted octanol–water partition coefficient (Wildman–Crippen LogP) is 7.96. The summed E-state index contributed by atoms with van der Waals surface area (Å²) in [6.45, 7) is 19.8. The van der Waals surface area contributed by atoms with E-state index in [-0.39, 0.29) is 79.6 Å². The number of esters is 1. The fraction of sp³-hybridized carbons (Fsp3) is 0.529. The summed E-state index contributed by atoms with van der Waals surface area (Å²) in [4.78, 5) is 117. The van der Waals surface area contributed by atoms with Crippen molar-refractivity contribution in [1.82, 2.24) is 41.3 Å². The van der Waals surface area contributed by atoms with E-state index in [1.165, 1.54) is 28.0 Å². The maximum atomic E-state index is 15.2. The average molecular weight is 1200 g/mol. The minimum absolute atomic E-state index is 0.0412. The van der Waals surface area contributed by atoms with Gasteiger partial charge in [-0.05, 0) is 154 Å². The number of likely N-dealkylation sites (tertiary alicyclic amines) is 1. The summed E-state index contributed by atoms with van der Waals surface area (Å²) in [5.74, 6) is -2.82. The number of hydrogen-bond acceptors (Lipinski definition) is 12. The van der Waals surface area contributed by atoms with E-state index in [0.717, 1.165) is 60.8 Å². The van der Waals surface area contributed by atoms with Crippen LogP contribution in [0.1, 0.15) is 170 Å². The molecule has 0 spiro atoms. The molecule has 87 heavy (non-hydrogen) atoms. The number of carbonyl (C=O) groups is 8. The number of aryl methyl sites for hydroxylation is 2. The Kier molecular flexibility index (Phi) is 20.4. The van der Waals surface area contributed by atoms with Crippen LogP contribution in [0.5, 0.6) is 5.75 Å². The van der Waals surface area contributed by atoms with Crippen molar-refractivity contribution in [2.45, 2.75) is 201 Å². The van der Waals surface area contributed by atoms with Crippen molar-refractivity contribution >= 4 is 47.5 Å². The van der Waals surface area contributed by atoms with Gasteiger partial charge in [0.2, 0.25) is 35.4 Å². The highest BCUT2D eigenvalue weighted by Gasteiger charge is 2.47. The summed E-state index contributed by atoms with van der Waals surface area (Å²) < 4.78 is 18.0. The molecule has 0 aromatic heterocycles. The summed E-state index contributed by atoms with van der Waals surface area (Å²) in [5, 5.41) is 15.3. The molecule has 19 heteroatoms. The Morgan fingerprint density at radius 2 is 1.18 bits per heavy atom. The summed E-state index contributed by atoms with van der Waals surface area (Å²) in [7, 11) is 3.13. The Balaban J connectivity index is 0.968. The number of likely N-dealkylation sites (N-methyl/N-ethyl adjacent to an activating group) is 2. The first-order chi connectivity index (χ1) is 41.0. The highest BCUT2D eigenvalue weighted by atomic mass is 16.6. The smallest absolute Gasteiger partial charge is 0.410 e. The molecule has 7 unspecified atom stereocenters. The molecule has 19 nitrogen and oxygen atoms in total. The average Bonchev–Trinajstić information content (AvgIpc) is 2.18. The van der Waals surface area contributed by atoms with E-state index in [9.17, 15) is 33.6 Å². The van der Waals surface area contributed by atoms with E-state index in [1.807, 2.05) is 77.9 Å². The number of carbonyl (C=O) groups excluding carboxylic acids is 8. The van der Waals surface area contributed by atoms with Gasteiger partial charge in [0.15, 0.2) is 0 Å². The van der Waals surface area contributed by atoms with Crippen molar-refractivity contribution in [2.24, 2.45) is 10.8 Å². The van der Waals surface area contributed by atoms with Crippen LogP contribution in [0.25, 0.3) is 0 Å². The number of nitrogens with zero attached hydrogens (tertiary/aromatic N) is 3. The summed E-state index contributed by atoms with van der Waals surface area (Å²) in [6, 6.07) is 22.1. The monoisotopic (exact) mass is 1190 g/mol. The van der Waals surface area contributed by atoms with E-state index in [1.54, 1.807) is 89.0 Å². The number of rotatable bonds is 17. The van der Waals surface area contributed by atoms with Gasteiger partial charge in [-0.25, -0.2) is 9.59 Å². The highest BCUT2D eigenvalue weighted by molar-refractivity contribution is 5.96. The zero-order chi connectivity index (χ0) is 63.3. The number of nitrogens with one attached hydrogen (secondary N) is 5. The molecule has 4 aliphatic rings. The van der Waals surface area contributed by atoms with E-state index in [4.69, 9.17) is 14.2 Å². The van der Waals surface area contributed by atoms with Crippen LogP contribution in [0.4, 0.5) is 4.79 Å². The molecule has 1 fully saturated rings. The molecule has 8 rings (SSSR count). The minimum Gasteiger partial charge on any atom is -0.444 e. The zero-order valence-corrected chi connectivity index (χ0v) is 53.0. The molecular weight excluding hydrogens is 1100 g/mol. The van der Waals surface area contributed by atoms with Crippen LogP contribution in [0.3, 0.4) is 0 Å². The molecule has 4 aromatic carbocycles. The fourth-order valence-electron chi connectivity index (χ4n) is 11.9. The first-order valence-electron chi connectivity index (χ1n) is 30.7. The van der Waals surface area contributed by atoms with Crippen LogP contribution in [-0.2, 0) is 70.7 Å². The standard InChI is InChI=1S/C68H90N8O11/c1-40(69-12)58(77)72-56(66(3,4)5)63(82)76-38-49(36-55(76)61(80)71-53-27-19-23-44-21-15-17-25-51(44)53)85-39-42-28-30-45(31-29-42)64(83)86-48-33-32-46-35-54(60(79)70-52-26-18-22-43-20-14-16-24-50(43)52)75(37-47(46)34-48)62(81)57(67(6,7)8)73-59(78)41(2)74(13)65(84)87-68(9,10)11/h14-17,20-21,24-25,28-34,40-41,49,52-57,69H,18-19,22-23,26-27,35-39H2,1-13H3,(H,70,79)(H,71,80)(H,72,77)(H,73,78)/t40-,41-,49?,52?,53?,54?,55?,56?,57?/m0/s1. The van der Waals surface area contributed by atoms with E-state index >= 15 is 4.79 Å². The normalized spacial score (nSPS) is 20.6. The van der Waals surface area contributed by atoms with Crippen LogP contribution in [0, 0.1) is 10.8 Å². The van der Waals surface area contributed by atoms with Crippen LogP contribution < -0.4 is 31.3 Å². The van der Waals surface area contributed by atoms with Crippen LogP contribution in [0.15, 0.2) is 91.0 Å². The molecule has 7 amide bonds. The quantitative estimate of drug-likeness (QED) is 0.0501. The maximum Gasteiger partial charge on any atom is 0.410 e. The Bertz CT molecular complexity index is 3200. The van der Waals surface area contributed by atoms with Crippen molar-refractivity contribution in [3.8, 4) is 5.75 Å². The van der Waals surface area contributed by atoms with E-state index in [2.05, 4.69) is 38.7 Å².